The molecule has 1 fully saturated rings. The Balaban J connectivity index is 1.96. The van der Waals surface area contributed by atoms with Crippen molar-refractivity contribution in [2.45, 2.75) is 52.0 Å². The van der Waals surface area contributed by atoms with Crippen LogP contribution in [0.2, 0.25) is 0 Å². The van der Waals surface area contributed by atoms with Gasteiger partial charge in [0.1, 0.15) is 0 Å². The van der Waals surface area contributed by atoms with E-state index in [1.54, 1.807) is 4.90 Å². The molecule has 0 radical (unpaired) electrons. The van der Waals surface area contributed by atoms with Crippen molar-refractivity contribution in [2.75, 3.05) is 27.2 Å². The topological polar surface area (TPSA) is 62.5 Å². The van der Waals surface area contributed by atoms with Gasteiger partial charge in [0.05, 0.1) is 6.04 Å². The van der Waals surface area contributed by atoms with Crippen molar-refractivity contribution in [3.63, 3.8) is 0 Å². The van der Waals surface area contributed by atoms with E-state index in [-0.39, 0.29) is 23.3 Å². The van der Waals surface area contributed by atoms with Gasteiger partial charge < -0.3 is 9.42 Å². The molecule has 1 aliphatic rings. The van der Waals surface area contributed by atoms with Crippen molar-refractivity contribution in [1.82, 2.24) is 19.9 Å². The molecule has 6 heteroatoms. The highest BCUT2D eigenvalue weighted by Crippen LogP contribution is 2.28. The van der Waals surface area contributed by atoms with Crippen LogP contribution < -0.4 is 0 Å². The van der Waals surface area contributed by atoms with Crippen LogP contribution in [0.3, 0.4) is 0 Å². The molecule has 0 aliphatic carbocycles. The Morgan fingerprint density at radius 2 is 1.91 bits per heavy atom. The van der Waals surface area contributed by atoms with E-state index in [2.05, 4.69) is 42.7 Å². The number of aromatic nitrogens is 2. The SMILES string of the molecule is CC(c1nc(C(C)(C)C)no1)N1CCC(C(=O)N(C)C)CC1. The number of hydrogen-bond donors (Lipinski definition) is 0. The van der Waals surface area contributed by atoms with E-state index in [4.69, 9.17) is 4.52 Å². The second-order valence-corrected chi connectivity index (χ2v) is 7.43. The standard InChI is InChI=1S/C16H28N4O2/c1-11(13-17-15(18-22-13)16(2,3)4)20-9-7-12(8-10-20)14(21)19(5)6/h11-12H,7-10H2,1-6H3. The third-order valence-corrected chi connectivity index (χ3v) is 4.34. The second-order valence-electron chi connectivity index (χ2n) is 7.43. The molecule has 2 rings (SSSR count). The lowest BCUT2D eigenvalue weighted by molar-refractivity contribution is -0.134. The molecular formula is C16H28N4O2. The van der Waals surface area contributed by atoms with Crippen LogP contribution in [0, 0.1) is 5.92 Å². The van der Waals surface area contributed by atoms with Gasteiger partial charge in [0.2, 0.25) is 11.8 Å². The first-order valence-corrected chi connectivity index (χ1v) is 7.99. The number of likely N-dealkylation sites (tertiary alicyclic amines) is 1. The third kappa shape index (κ3) is 3.66. The fourth-order valence-electron chi connectivity index (χ4n) is 2.76. The summed E-state index contributed by atoms with van der Waals surface area (Å²) in [6.45, 7) is 10.1. The molecule has 22 heavy (non-hydrogen) atoms. The molecule has 0 aromatic carbocycles. The molecule has 1 aliphatic heterocycles. The molecule has 2 heterocycles. The van der Waals surface area contributed by atoms with Gasteiger partial charge in [-0.15, -0.1) is 0 Å². The highest BCUT2D eigenvalue weighted by molar-refractivity contribution is 5.78. The first-order chi connectivity index (χ1) is 10.2. The van der Waals surface area contributed by atoms with Crippen LogP contribution in [0.25, 0.3) is 0 Å². The van der Waals surface area contributed by atoms with Gasteiger partial charge >= 0.3 is 0 Å². The zero-order valence-electron chi connectivity index (χ0n) is 14.6. The summed E-state index contributed by atoms with van der Waals surface area (Å²) < 4.78 is 5.44. The fourth-order valence-corrected chi connectivity index (χ4v) is 2.76. The van der Waals surface area contributed by atoms with Crippen LogP contribution in [-0.2, 0) is 10.2 Å². The lowest BCUT2D eigenvalue weighted by Crippen LogP contribution is -2.41. The summed E-state index contributed by atoms with van der Waals surface area (Å²) in [7, 11) is 3.65. The predicted octanol–water partition coefficient (Wildman–Crippen LogP) is 2.23. The van der Waals surface area contributed by atoms with E-state index in [1.165, 1.54) is 0 Å². The van der Waals surface area contributed by atoms with E-state index >= 15 is 0 Å². The molecule has 0 N–H and O–H groups in total. The van der Waals surface area contributed by atoms with E-state index < -0.39 is 0 Å². The number of nitrogens with zero attached hydrogens (tertiary/aromatic N) is 4. The summed E-state index contributed by atoms with van der Waals surface area (Å²) in [6.07, 6.45) is 1.78. The minimum Gasteiger partial charge on any atom is -0.349 e. The van der Waals surface area contributed by atoms with E-state index in [1.807, 2.05) is 14.1 Å². The molecule has 124 valence electrons. The number of carbonyl (C=O) groups is 1. The van der Waals surface area contributed by atoms with Crippen LogP contribution in [0.15, 0.2) is 4.52 Å². The molecule has 6 nitrogen and oxygen atoms in total. The summed E-state index contributed by atoms with van der Waals surface area (Å²) in [5.41, 5.74) is -0.105. The minimum atomic E-state index is -0.105. The van der Waals surface area contributed by atoms with E-state index in [0.717, 1.165) is 31.8 Å². The van der Waals surface area contributed by atoms with E-state index in [0.29, 0.717) is 5.89 Å². The average Bonchev–Trinajstić information content (AvgIpc) is 2.95. The Labute approximate surface area is 132 Å². The number of carbonyl (C=O) groups excluding carboxylic acids is 1. The summed E-state index contributed by atoms with van der Waals surface area (Å²) in [6, 6.07) is 0.0963. The van der Waals surface area contributed by atoms with Crippen molar-refractivity contribution in [1.29, 1.82) is 0 Å². The second kappa shape index (κ2) is 6.36. The molecule has 1 unspecified atom stereocenters. The Kier molecular flexibility index (Phi) is 4.90. The molecule has 1 atom stereocenters. The average molecular weight is 308 g/mol. The zero-order chi connectivity index (χ0) is 16.5. The lowest BCUT2D eigenvalue weighted by atomic mass is 9.94. The van der Waals surface area contributed by atoms with Crippen LogP contribution in [0.4, 0.5) is 0 Å². The van der Waals surface area contributed by atoms with Gasteiger partial charge in [-0.3, -0.25) is 9.69 Å². The van der Waals surface area contributed by atoms with Crippen LogP contribution >= 0.6 is 0 Å². The summed E-state index contributed by atoms with van der Waals surface area (Å²) in [5, 5.41) is 4.10. The number of hydrogen-bond acceptors (Lipinski definition) is 5. The van der Waals surface area contributed by atoms with Crippen LogP contribution in [0.1, 0.15) is 58.3 Å². The van der Waals surface area contributed by atoms with Gasteiger partial charge in [-0.25, -0.2) is 0 Å². The Morgan fingerprint density at radius 1 is 1.32 bits per heavy atom. The quantitative estimate of drug-likeness (QED) is 0.857. The zero-order valence-corrected chi connectivity index (χ0v) is 14.6. The maximum Gasteiger partial charge on any atom is 0.243 e. The fraction of sp³-hybridized carbons (Fsp3) is 0.812. The van der Waals surface area contributed by atoms with E-state index in [9.17, 15) is 4.79 Å². The molecule has 0 spiro atoms. The maximum atomic E-state index is 12.0. The molecule has 0 bridgehead atoms. The molecule has 1 aromatic heterocycles. The molecule has 1 amide bonds. The first kappa shape index (κ1) is 16.9. The normalized spacial score (nSPS) is 19.2. The van der Waals surface area contributed by atoms with Crippen molar-refractivity contribution in [2.24, 2.45) is 5.92 Å². The summed E-state index contributed by atoms with van der Waals surface area (Å²) >= 11 is 0. The van der Waals surface area contributed by atoms with Gasteiger partial charge in [0.15, 0.2) is 5.82 Å². The number of piperidine rings is 1. The van der Waals surface area contributed by atoms with Crippen LogP contribution in [0.5, 0.6) is 0 Å². The lowest BCUT2D eigenvalue weighted by Gasteiger charge is -2.34. The third-order valence-electron chi connectivity index (χ3n) is 4.34. The van der Waals surface area contributed by atoms with Gasteiger partial charge in [-0.1, -0.05) is 25.9 Å². The van der Waals surface area contributed by atoms with Gasteiger partial charge in [-0.05, 0) is 32.9 Å². The number of amides is 1. The number of rotatable bonds is 3. The summed E-state index contributed by atoms with van der Waals surface area (Å²) in [4.78, 5) is 20.6. The first-order valence-electron chi connectivity index (χ1n) is 7.99. The van der Waals surface area contributed by atoms with Crippen molar-refractivity contribution < 1.29 is 9.32 Å². The highest BCUT2D eigenvalue weighted by atomic mass is 16.5. The Morgan fingerprint density at radius 3 is 2.36 bits per heavy atom. The van der Waals surface area contributed by atoms with Crippen molar-refractivity contribution in [3.8, 4) is 0 Å². The van der Waals surface area contributed by atoms with Crippen molar-refractivity contribution in [3.05, 3.63) is 11.7 Å². The predicted molar refractivity (Wildman–Crippen MR) is 84.4 cm³/mol. The van der Waals surface area contributed by atoms with Gasteiger partial charge in [-0.2, -0.15) is 4.98 Å². The highest BCUT2D eigenvalue weighted by Gasteiger charge is 2.31. The van der Waals surface area contributed by atoms with Gasteiger partial charge in [0.25, 0.3) is 0 Å². The Hall–Kier alpha value is -1.43. The molecular weight excluding hydrogens is 280 g/mol. The Bertz CT molecular complexity index is 510. The maximum absolute atomic E-state index is 12.0. The summed E-state index contributed by atoms with van der Waals surface area (Å²) in [5.74, 6) is 1.79. The van der Waals surface area contributed by atoms with Crippen molar-refractivity contribution >= 4 is 5.91 Å². The minimum absolute atomic E-state index is 0.0963. The monoisotopic (exact) mass is 308 g/mol. The van der Waals surface area contributed by atoms with Crippen LogP contribution in [-0.4, -0.2) is 53.0 Å². The molecule has 0 saturated carbocycles. The molecule has 1 aromatic rings. The smallest absolute Gasteiger partial charge is 0.243 e. The molecule has 1 saturated heterocycles. The largest absolute Gasteiger partial charge is 0.349 e. The van der Waals surface area contributed by atoms with Gasteiger partial charge in [0, 0.05) is 25.4 Å².